The molecule has 5 nitrogen and oxygen atoms in total. The number of carbonyl (C=O) groups excluding carboxylic acids is 1. The van der Waals surface area contributed by atoms with Crippen molar-refractivity contribution >= 4 is 12.0 Å². The Balaban J connectivity index is 1.89. The van der Waals surface area contributed by atoms with Gasteiger partial charge in [-0.1, -0.05) is 6.08 Å². The van der Waals surface area contributed by atoms with E-state index in [2.05, 4.69) is 6.58 Å². The second kappa shape index (κ2) is 5.42. The van der Waals surface area contributed by atoms with Crippen molar-refractivity contribution in [3.63, 3.8) is 0 Å². The van der Waals surface area contributed by atoms with Gasteiger partial charge < -0.3 is 14.9 Å². The Bertz CT molecular complexity index is 344. The van der Waals surface area contributed by atoms with Crippen LogP contribution in [0.5, 0.6) is 0 Å². The molecule has 2 fully saturated rings. The normalized spacial score (nSPS) is 20.6. The average Bonchev–Trinajstić information content (AvgIpc) is 3.19. The van der Waals surface area contributed by atoms with Crippen LogP contribution in [0.1, 0.15) is 25.7 Å². The highest BCUT2D eigenvalue weighted by Gasteiger charge is 2.35. The monoisotopic (exact) mass is 252 g/mol. The highest BCUT2D eigenvalue weighted by atomic mass is 16.4. The van der Waals surface area contributed by atoms with Crippen molar-refractivity contribution in [1.82, 2.24) is 9.80 Å². The molecule has 2 rings (SSSR count). The Morgan fingerprint density at radius 3 is 2.33 bits per heavy atom. The van der Waals surface area contributed by atoms with Crippen molar-refractivity contribution in [2.24, 2.45) is 5.92 Å². The molecule has 0 aromatic heterocycles. The highest BCUT2D eigenvalue weighted by molar-refractivity contribution is 5.76. The highest BCUT2D eigenvalue weighted by Crippen LogP contribution is 2.28. The van der Waals surface area contributed by atoms with Crippen molar-refractivity contribution in [2.75, 3.05) is 19.6 Å². The van der Waals surface area contributed by atoms with Crippen LogP contribution in [0.3, 0.4) is 0 Å². The van der Waals surface area contributed by atoms with Gasteiger partial charge in [-0.2, -0.15) is 0 Å². The zero-order valence-corrected chi connectivity index (χ0v) is 10.5. The van der Waals surface area contributed by atoms with E-state index in [-0.39, 0.29) is 11.9 Å². The molecule has 1 heterocycles. The molecule has 1 saturated carbocycles. The zero-order chi connectivity index (χ0) is 13.1. The van der Waals surface area contributed by atoms with Gasteiger partial charge in [0.1, 0.15) is 0 Å². The second-order valence-electron chi connectivity index (χ2n) is 5.05. The first-order valence-electron chi connectivity index (χ1n) is 6.52. The number of piperidine rings is 1. The molecule has 1 aliphatic heterocycles. The summed E-state index contributed by atoms with van der Waals surface area (Å²) in [6.45, 7) is 5.37. The predicted octanol–water partition coefficient (Wildman–Crippen LogP) is 1.55. The Hall–Kier alpha value is -1.52. The number of amides is 2. The summed E-state index contributed by atoms with van der Waals surface area (Å²) in [5.41, 5.74) is 0. The summed E-state index contributed by atoms with van der Waals surface area (Å²) in [5, 5.41) is 8.93. The average molecular weight is 252 g/mol. The fourth-order valence-electron chi connectivity index (χ4n) is 2.41. The fraction of sp³-hybridized carbons (Fsp3) is 0.692. The first kappa shape index (κ1) is 12.9. The van der Waals surface area contributed by atoms with Gasteiger partial charge in [0, 0.05) is 25.7 Å². The van der Waals surface area contributed by atoms with E-state index in [4.69, 9.17) is 5.11 Å². The van der Waals surface area contributed by atoms with E-state index in [0.29, 0.717) is 38.5 Å². The fourth-order valence-corrected chi connectivity index (χ4v) is 2.41. The molecule has 0 atom stereocenters. The number of carboxylic acids is 1. The molecule has 5 heteroatoms. The minimum Gasteiger partial charge on any atom is -0.481 e. The summed E-state index contributed by atoms with van der Waals surface area (Å²) in [4.78, 5) is 26.8. The topological polar surface area (TPSA) is 60.9 Å². The molecule has 0 spiro atoms. The Kier molecular flexibility index (Phi) is 3.89. The number of hydrogen-bond acceptors (Lipinski definition) is 2. The minimum atomic E-state index is -0.743. The maximum absolute atomic E-state index is 12.3. The van der Waals surface area contributed by atoms with Crippen molar-refractivity contribution in [2.45, 2.75) is 31.7 Å². The molecule has 0 bridgehead atoms. The molecule has 18 heavy (non-hydrogen) atoms. The third-order valence-electron chi connectivity index (χ3n) is 3.67. The SMILES string of the molecule is C=CCN(C(=O)N1CCC(C(=O)O)CC1)C1CC1. The van der Waals surface area contributed by atoms with E-state index in [1.807, 2.05) is 4.90 Å². The first-order valence-corrected chi connectivity index (χ1v) is 6.52. The summed E-state index contributed by atoms with van der Waals surface area (Å²) >= 11 is 0. The van der Waals surface area contributed by atoms with Crippen molar-refractivity contribution in [3.8, 4) is 0 Å². The van der Waals surface area contributed by atoms with Crippen molar-refractivity contribution in [3.05, 3.63) is 12.7 Å². The zero-order valence-electron chi connectivity index (χ0n) is 10.5. The number of likely N-dealkylation sites (tertiary alicyclic amines) is 1. The second-order valence-corrected chi connectivity index (χ2v) is 5.05. The molecular formula is C13H20N2O3. The molecular weight excluding hydrogens is 232 g/mol. The van der Waals surface area contributed by atoms with Gasteiger partial charge in [0.25, 0.3) is 0 Å². The van der Waals surface area contributed by atoms with Crippen LogP contribution in [0.25, 0.3) is 0 Å². The van der Waals surface area contributed by atoms with Gasteiger partial charge in [-0.25, -0.2) is 4.79 Å². The predicted molar refractivity (Wildman–Crippen MR) is 67.3 cm³/mol. The molecule has 0 aromatic carbocycles. The first-order chi connectivity index (χ1) is 8.63. The molecule has 1 N–H and O–H groups in total. The van der Waals surface area contributed by atoms with Gasteiger partial charge >= 0.3 is 12.0 Å². The van der Waals surface area contributed by atoms with Gasteiger partial charge in [-0.05, 0) is 25.7 Å². The molecule has 1 aliphatic carbocycles. The Labute approximate surface area is 107 Å². The number of carboxylic acid groups (broad SMARTS) is 1. The number of urea groups is 1. The van der Waals surface area contributed by atoms with Gasteiger partial charge in [-0.15, -0.1) is 6.58 Å². The maximum atomic E-state index is 12.3. The van der Waals surface area contributed by atoms with Gasteiger partial charge in [-0.3, -0.25) is 4.79 Å². The van der Waals surface area contributed by atoms with Crippen LogP contribution >= 0.6 is 0 Å². The van der Waals surface area contributed by atoms with Crippen LogP contribution in [0.15, 0.2) is 12.7 Å². The van der Waals surface area contributed by atoms with Crippen molar-refractivity contribution < 1.29 is 14.7 Å². The van der Waals surface area contributed by atoms with Crippen LogP contribution in [0.2, 0.25) is 0 Å². The standard InChI is InChI=1S/C13H20N2O3/c1-2-7-15(11-3-4-11)13(18)14-8-5-10(6-9-14)12(16)17/h2,10-11H,1,3-9H2,(H,16,17). The quantitative estimate of drug-likeness (QED) is 0.772. The molecule has 0 radical (unpaired) electrons. The lowest BCUT2D eigenvalue weighted by Gasteiger charge is -2.34. The smallest absolute Gasteiger partial charge is 0.320 e. The number of aliphatic carboxylic acids is 1. The number of hydrogen-bond donors (Lipinski definition) is 1. The van der Waals surface area contributed by atoms with Crippen LogP contribution in [-0.4, -0.2) is 52.6 Å². The van der Waals surface area contributed by atoms with Gasteiger partial charge in [0.15, 0.2) is 0 Å². The van der Waals surface area contributed by atoms with E-state index in [1.165, 1.54) is 0 Å². The molecule has 0 unspecified atom stereocenters. The van der Waals surface area contributed by atoms with Crippen LogP contribution in [-0.2, 0) is 4.79 Å². The van der Waals surface area contributed by atoms with Crippen molar-refractivity contribution in [1.29, 1.82) is 0 Å². The lowest BCUT2D eigenvalue weighted by molar-refractivity contribution is -0.143. The third kappa shape index (κ3) is 2.83. The summed E-state index contributed by atoms with van der Waals surface area (Å²) in [5.74, 6) is -1.03. The summed E-state index contributed by atoms with van der Waals surface area (Å²) in [6, 6.07) is 0.411. The lowest BCUT2D eigenvalue weighted by atomic mass is 9.97. The summed E-state index contributed by atoms with van der Waals surface area (Å²) in [6.07, 6.45) is 5.03. The molecule has 0 aromatic rings. The van der Waals surface area contributed by atoms with Crippen LogP contribution in [0.4, 0.5) is 4.79 Å². The van der Waals surface area contributed by atoms with E-state index >= 15 is 0 Å². The van der Waals surface area contributed by atoms with E-state index in [0.717, 1.165) is 12.8 Å². The van der Waals surface area contributed by atoms with E-state index in [9.17, 15) is 9.59 Å². The van der Waals surface area contributed by atoms with E-state index < -0.39 is 5.97 Å². The molecule has 100 valence electrons. The molecule has 2 aliphatic rings. The lowest BCUT2D eigenvalue weighted by Crippen LogP contribution is -2.48. The van der Waals surface area contributed by atoms with Crippen LogP contribution in [0, 0.1) is 5.92 Å². The number of nitrogens with zero attached hydrogens (tertiary/aromatic N) is 2. The third-order valence-corrected chi connectivity index (χ3v) is 3.67. The summed E-state index contributed by atoms with van der Waals surface area (Å²) < 4.78 is 0. The number of carbonyl (C=O) groups is 2. The van der Waals surface area contributed by atoms with Gasteiger partial charge in [0.2, 0.25) is 0 Å². The van der Waals surface area contributed by atoms with E-state index in [1.54, 1.807) is 11.0 Å². The molecule has 2 amide bonds. The van der Waals surface area contributed by atoms with Crippen LogP contribution < -0.4 is 0 Å². The largest absolute Gasteiger partial charge is 0.481 e. The molecule has 1 saturated heterocycles. The Morgan fingerprint density at radius 2 is 1.89 bits per heavy atom. The number of rotatable bonds is 4. The Morgan fingerprint density at radius 1 is 1.28 bits per heavy atom. The van der Waals surface area contributed by atoms with Gasteiger partial charge in [0.05, 0.1) is 5.92 Å². The minimum absolute atomic E-state index is 0.0428. The summed E-state index contributed by atoms with van der Waals surface area (Å²) in [7, 11) is 0. The maximum Gasteiger partial charge on any atom is 0.320 e.